The molecule has 102 valence electrons. The van der Waals surface area contributed by atoms with E-state index in [0.717, 1.165) is 52.5 Å². The molecule has 0 aliphatic carbocycles. The zero-order valence-corrected chi connectivity index (χ0v) is 11.2. The van der Waals surface area contributed by atoms with E-state index < -0.39 is 0 Å². The van der Waals surface area contributed by atoms with E-state index in [-0.39, 0.29) is 6.10 Å². The van der Waals surface area contributed by atoms with Gasteiger partial charge in [-0.15, -0.1) is 0 Å². The van der Waals surface area contributed by atoms with Crippen molar-refractivity contribution in [1.82, 2.24) is 15.1 Å². The van der Waals surface area contributed by atoms with Crippen molar-refractivity contribution in [3.05, 3.63) is 0 Å². The summed E-state index contributed by atoms with van der Waals surface area (Å²) >= 11 is 0. The second kappa shape index (κ2) is 8.83. The minimum atomic E-state index is -0.278. The van der Waals surface area contributed by atoms with Crippen LogP contribution >= 0.6 is 0 Å². The molecule has 1 unspecified atom stereocenters. The normalized spacial score (nSPS) is 19.8. The summed E-state index contributed by atoms with van der Waals surface area (Å²) in [6.45, 7) is 10.1. The van der Waals surface area contributed by atoms with Gasteiger partial charge in [0.2, 0.25) is 0 Å². The Hall–Kier alpha value is -0.200. The number of β-amino-alcohol motifs (C(OH)–C–C–N with tert-alkyl or cyclic N) is 1. The lowest BCUT2D eigenvalue weighted by Gasteiger charge is -2.28. The first-order chi connectivity index (χ1) is 8.22. The quantitative estimate of drug-likeness (QED) is 0.550. The number of nitrogens with zero attached hydrogens (tertiary/aromatic N) is 2. The second-order valence-corrected chi connectivity index (χ2v) is 4.67. The molecular weight excluding hydrogens is 218 g/mol. The number of likely N-dealkylation sites (N-methyl/N-ethyl adjacent to an activating group) is 1. The summed E-state index contributed by atoms with van der Waals surface area (Å²) < 4.78 is 5.27. The second-order valence-electron chi connectivity index (χ2n) is 4.67. The van der Waals surface area contributed by atoms with Crippen molar-refractivity contribution in [2.24, 2.45) is 0 Å². The lowest BCUT2D eigenvalue weighted by atomic mass is 10.3. The number of aliphatic hydroxyl groups is 1. The number of aliphatic hydroxyl groups excluding tert-OH is 1. The fourth-order valence-electron chi connectivity index (χ4n) is 1.84. The van der Waals surface area contributed by atoms with Crippen LogP contribution in [-0.2, 0) is 4.74 Å². The SMILES string of the molecule is CCN(C)CCNCC(O)CN1CCOCC1. The number of hydrogen-bond acceptors (Lipinski definition) is 5. The van der Waals surface area contributed by atoms with Crippen molar-refractivity contribution in [3.8, 4) is 0 Å². The number of rotatable bonds is 8. The molecule has 0 radical (unpaired) electrons. The minimum Gasteiger partial charge on any atom is -0.390 e. The van der Waals surface area contributed by atoms with Crippen LogP contribution in [0.3, 0.4) is 0 Å². The Labute approximate surface area is 105 Å². The number of hydrogen-bond donors (Lipinski definition) is 2. The number of ether oxygens (including phenoxy) is 1. The van der Waals surface area contributed by atoms with E-state index in [1.165, 1.54) is 0 Å². The molecule has 1 atom stereocenters. The van der Waals surface area contributed by atoms with Gasteiger partial charge in [0.05, 0.1) is 19.3 Å². The average Bonchev–Trinajstić information content (AvgIpc) is 2.35. The topological polar surface area (TPSA) is 48.0 Å². The van der Waals surface area contributed by atoms with Crippen LogP contribution in [0, 0.1) is 0 Å². The first-order valence-electron chi connectivity index (χ1n) is 6.59. The highest BCUT2D eigenvalue weighted by atomic mass is 16.5. The predicted molar refractivity (Wildman–Crippen MR) is 69.3 cm³/mol. The van der Waals surface area contributed by atoms with E-state index in [1.54, 1.807) is 0 Å². The van der Waals surface area contributed by atoms with Crippen LogP contribution < -0.4 is 5.32 Å². The lowest BCUT2D eigenvalue weighted by Crippen LogP contribution is -2.44. The largest absolute Gasteiger partial charge is 0.390 e. The van der Waals surface area contributed by atoms with E-state index in [2.05, 4.69) is 29.1 Å². The maximum atomic E-state index is 9.87. The Morgan fingerprint density at radius 1 is 1.41 bits per heavy atom. The van der Waals surface area contributed by atoms with E-state index in [9.17, 15) is 5.11 Å². The molecule has 17 heavy (non-hydrogen) atoms. The molecule has 0 aromatic carbocycles. The fourth-order valence-corrected chi connectivity index (χ4v) is 1.84. The fraction of sp³-hybridized carbons (Fsp3) is 1.00. The van der Waals surface area contributed by atoms with Crippen molar-refractivity contribution in [3.63, 3.8) is 0 Å². The lowest BCUT2D eigenvalue weighted by molar-refractivity contribution is 0.0149. The minimum absolute atomic E-state index is 0.278. The van der Waals surface area contributed by atoms with Gasteiger partial charge in [-0.2, -0.15) is 0 Å². The van der Waals surface area contributed by atoms with Gasteiger partial charge in [-0.1, -0.05) is 6.92 Å². The van der Waals surface area contributed by atoms with Crippen LogP contribution in [-0.4, -0.2) is 87.1 Å². The maximum absolute atomic E-state index is 9.87. The van der Waals surface area contributed by atoms with Crippen LogP contribution in [0.5, 0.6) is 0 Å². The Morgan fingerprint density at radius 2 is 2.12 bits per heavy atom. The molecule has 1 rings (SSSR count). The molecule has 0 amide bonds. The van der Waals surface area contributed by atoms with E-state index >= 15 is 0 Å². The van der Waals surface area contributed by atoms with E-state index in [4.69, 9.17) is 4.74 Å². The monoisotopic (exact) mass is 245 g/mol. The number of nitrogens with one attached hydrogen (secondary N) is 1. The first-order valence-corrected chi connectivity index (χ1v) is 6.59. The molecule has 5 heteroatoms. The Kier molecular flexibility index (Phi) is 7.72. The summed E-state index contributed by atoms with van der Waals surface area (Å²) in [5.74, 6) is 0. The Morgan fingerprint density at radius 3 is 2.76 bits per heavy atom. The molecule has 1 fully saturated rings. The highest BCUT2D eigenvalue weighted by Crippen LogP contribution is 1.97. The van der Waals surface area contributed by atoms with Gasteiger partial charge in [-0.3, -0.25) is 4.90 Å². The van der Waals surface area contributed by atoms with Crippen molar-refractivity contribution in [2.45, 2.75) is 13.0 Å². The molecule has 0 saturated carbocycles. The molecule has 1 saturated heterocycles. The third-order valence-electron chi connectivity index (χ3n) is 3.16. The first kappa shape index (κ1) is 14.9. The van der Waals surface area contributed by atoms with E-state index in [0.29, 0.717) is 6.54 Å². The standard InChI is InChI=1S/C12H27N3O2/c1-3-14(2)5-4-13-10-12(16)11-15-6-8-17-9-7-15/h12-13,16H,3-11H2,1-2H3. The van der Waals surface area contributed by atoms with E-state index in [1.807, 2.05) is 0 Å². The van der Waals surface area contributed by atoms with Gasteiger partial charge in [0, 0.05) is 39.3 Å². The number of morpholine rings is 1. The summed E-state index contributed by atoms with van der Waals surface area (Å²) in [6, 6.07) is 0. The molecule has 0 aromatic rings. The highest BCUT2D eigenvalue weighted by molar-refractivity contribution is 4.69. The zero-order chi connectivity index (χ0) is 12.5. The average molecular weight is 245 g/mol. The molecule has 5 nitrogen and oxygen atoms in total. The van der Waals surface area contributed by atoms with Crippen molar-refractivity contribution in [1.29, 1.82) is 0 Å². The third-order valence-corrected chi connectivity index (χ3v) is 3.16. The summed E-state index contributed by atoms with van der Waals surface area (Å²) in [5.41, 5.74) is 0. The van der Waals surface area contributed by atoms with Crippen LogP contribution in [0.1, 0.15) is 6.92 Å². The zero-order valence-electron chi connectivity index (χ0n) is 11.2. The van der Waals surface area contributed by atoms with Crippen LogP contribution in [0.15, 0.2) is 0 Å². The van der Waals surface area contributed by atoms with Gasteiger partial charge in [0.25, 0.3) is 0 Å². The highest BCUT2D eigenvalue weighted by Gasteiger charge is 2.14. The molecule has 1 aliphatic rings. The molecule has 1 heterocycles. The maximum Gasteiger partial charge on any atom is 0.0791 e. The molecule has 2 N–H and O–H groups in total. The third kappa shape index (κ3) is 6.95. The molecule has 0 spiro atoms. The Balaban J connectivity index is 1.98. The van der Waals surface area contributed by atoms with Crippen LogP contribution in [0.2, 0.25) is 0 Å². The van der Waals surface area contributed by atoms with Crippen molar-refractivity contribution in [2.75, 3.05) is 66.1 Å². The van der Waals surface area contributed by atoms with Gasteiger partial charge in [0.15, 0.2) is 0 Å². The van der Waals surface area contributed by atoms with Gasteiger partial charge >= 0.3 is 0 Å². The molecule has 0 bridgehead atoms. The Bertz CT molecular complexity index is 187. The summed E-state index contributed by atoms with van der Waals surface area (Å²) in [5, 5.41) is 13.2. The van der Waals surface area contributed by atoms with Gasteiger partial charge in [-0.05, 0) is 13.6 Å². The molecular formula is C12H27N3O2. The van der Waals surface area contributed by atoms with Gasteiger partial charge in [0.1, 0.15) is 0 Å². The molecule has 0 aromatic heterocycles. The van der Waals surface area contributed by atoms with Crippen LogP contribution in [0.4, 0.5) is 0 Å². The summed E-state index contributed by atoms with van der Waals surface area (Å²) in [6.07, 6.45) is -0.278. The van der Waals surface area contributed by atoms with Crippen molar-refractivity contribution >= 4 is 0 Å². The summed E-state index contributed by atoms with van der Waals surface area (Å²) in [7, 11) is 2.10. The smallest absolute Gasteiger partial charge is 0.0791 e. The van der Waals surface area contributed by atoms with Gasteiger partial charge < -0.3 is 20.1 Å². The van der Waals surface area contributed by atoms with Crippen molar-refractivity contribution < 1.29 is 9.84 Å². The summed E-state index contributed by atoms with van der Waals surface area (Å²) in [4.78, 5) is 4.51. The molecule has 1 aliphatic heterocycles. The van der Waals surface area contributed by atoms with Gasteiger partial charge in [-0.25, -0.2) is 0 Å². The predicted octanol–water partition coefficient (Wildman–Crippen LogP) is -0.779. The van der Waals surface area contributed by atoms with Crippen LogP contribution in [0.25, 0.3) is 0 Å².